The van der Waals surface area contributed by atoms with E-state index in [1.54, 1.807) is 28.5 Å². The highest BCUT2D eigenvalue weighted by atomic mass is 79.9. The highest BCUT2D eigenvalue weighted by Gasteiger charge is 2.17. The van der Waals surface area contributed by atoms with E-state index in [1.807, 2.05) is 0 Å². The molecule has 2 N–H and O–H groups in total. The standard InChI is InChI=1S/C12H11BrN4O2S2/c13-10-3-15-12-17(10)4-9(21-12)11(19)16-7(5-18)1-8-2-14-6-20-8/h2-4,6-7,18H,1,5H2,(H,16,19). The van der Waals surface area contributed by atoms with E-state index in [4.69, 9.17) is 0 Å². The highest BCUT2D eigenvalue weighted by Crippen LogP contribution is 2.22. The molecule has 0 aliphatic heterocycles. The number of fused-ring (bicyclic) bond motifs is 1. The van der Waals surface area contributed by atoms with E-state index >= 15 is 0 Å². The van der Waals surface area contributed by atoms with Gasteiger partial charge in [0.05, 0.1) is 24.4 Å². The Hall–Kier alpha value is -1.29. The van der Waals surface area contributed by atoms with Crippen LogP contribution < -0.4 is 5.32 Å². The van der Waals surface area contributed by atoms with Crippen molar-refractivity contribution in [2.24, 2.45) is 0 Å². The van der Waals surface area contributed by atoms with Crippen LogP contribution in [-0.2, 0) is 6.42 Å². The van der Waals surface area contributed by atoms with Crippen LogP contribution in [-0.4, -0.2) is 38.0 Å². The lowest BCUT2D eigenvalue weighted by molar-refractivity contribution is 0.0920. The van der Waals surface area contributed by atoms with Crippen LogP contribution in [0.5, 0.6) is 0 Å². The Labute approximate surface area is 136 Å². The number of carbonyl (C=O) groups is 1. The molecular weight excluding hydrogens is 376 g/mol. The molecule has 0 aliphatic carbocycles. The molecule has 1 amide bonds. The number of aliphatic hydroxyl groups excluding tert-OH is 1. The van der Waals surface area contributed by atoms with Crippen molar-refractivity contribution >= 4 is 49.5 Å². The molecule has 1 atom stereocenters. The Morgan fingerprint density at radius 2 is 2.38 bits per heavy atom. The molecule has 9 heteroatoms. The van der Waals surface area contributed by atoms with Crippen LogP contribution in [0.3, 0.4) is 0 Å². The molecule has 3 heterocycles. The predicted octanol–water partition coefficient (Wildman–Crippen LogP) is 1.95. The molecule has 21 heavy (non-hydrogen) atoms. The first-order valence-electron chi connectivity index (χ1n) is 6.09. The number of halogens is 1. The van der Waals surface area contributed by atoms with Crippen LogP contribution in [0.2, 0.25) is 0 Å². The van der Waals surface area contributed by atoms with Crippen molar-refractivity contribution in [3.05, 3.63) is 38.5 Å². The topological polar surface area (TPSA) is 79.5 Å². The minimum atomic E-state index is -0.323. The third-order valence-corrected chi connectivity index (χ3v) is 5.26. The average molecular weight is 387 g/mol. The quantitative estimate of drug-likeness (QED) is 0.702. The number of thiazole rings is 2. The molecule has 3 rings (SSSR count). The molecule has 110 valence electrons. The van der Waals surface area contributed by atoms with Gasteiger partial charge in [-0.25, -0.2) is 4.98 Å². The van der Waals surface area contributed by atoms with Gasteiger partial charge in [-0.3, -0.25) is 14.2 Å². The second-order valence-electron chi connectivity index (χ2n) is 4.35. The Morgan fingerprint density at radius 1 is 1.52 bits per heavy atom. The number of hydrogen-bond donors (Lipinski definition) is 2. The first-order valence-corrected chi connectivity index (χ1v) is 8.57. The Balaban J connectivity index is 1.71. The summed E-state index contributed by atoms with van der Waals surface area (Å²) in [5.74, 6) is -0.207. The maximum atomic E-state index is 12.2. The maximum Gasteiger partial charge on any atom is 0.263 e. The van der Waals surface area contributed by atoms with Gasteiger partial charge in [-0.15, -0.1) is 11.3 Å². The molecule has 0 bridgehead atoms. The van der Waals surface area contributed by atoms with Gasteiger partial charge in [0.25, 0.3) is 5.91 Å². The van der Waals surface area contributed by atoms with Gasteiger partial charge < -0.3 is 10.4 Å². The molecule has 1 unspecified atom stereocenters. The Bertz CT molecular complexity index is 753. The highest BCUT2D eigenvalue weighted by molar-refractivity contribution is 9.10. The summed E-state index contributed by atoms with van der Waals surface area (Å²) in [6.45, 7) is -0.115. The molecule has 0 aliphatic rings. The first kappa shape index (κ1) is 14.6. The summed E-state index contributed by atoms with van der Waals surface area (Å²) in [4.78, 5) is 22.7. The number of amides is 1. The van der Waals surface area contributed by atoms with Gasteiger partial charge in [0.1, 0.15) is 9.48 Å². The fraction of sp³-hybridized carbons (Fsp3) is 0.250. The molecule has 0 aromatic carbocycles. The van der Waals surface area contributed by atoms with Crippen LogP contribution in [0.15, 0.2) is 28.7 Å². The lowest BCUT2D eigenvalue weighted by atomic mass is 10.2. The van der Waals surface area contributed by atoms with E-state index in [1.165, 1.54) is 22.7 Å². The first-order chi connectivity index (χ1) is 10.2. The van der Waals surface area contributed by atoms with Crippen molar-refractivity contribution in [1.82, 2.24) is 19.7 Å². The van der Waals surface area contributed by atoms with Crippen molar-refractivity contribution in [1.29, 1.82) is 0 Å². The third-order valence-electron chi connectivity index (χ3n) is 2.88. The maximum absolute atomic E-state index is 12.2. The second-order valence-corrected chi connectivity index (χ2v) is 7.15. The van der Waals surface area contributed by atoms with E-state index in [-0.39, 0.29) is 18.6 Å². The number of hydrogen-bond acceptors (Lipinski definition) is 6. The van der Waals surface area contributed by atoms with E-state index in [0.717, 1.165) is 14.4 Å². The second kappa shape index (κ2) is 6.22. The van der Waals surface area contributed by atoms with E-state index < -0.39 is 0 Å². The predicted molar refractivity (Wildman–Crippen MR) is 84.9 cm³/mol. The summed E-state index contributed by atoms with van der Waals surface area (Å²) < 4.78 is 2.60. The third kappa shape index (κ3) is 3.15. The largest absolute Gasteiger partial charge is 0.394 e. The molecule has 0 saturated heterocycles. The van der Waals surface area contributed by atoms with Gasteiger partial charge in [0, 0.05) is 23.7 Å². The average Bonchev–Trinajstić information content (AvgIpc) is 3.17. The van der Waals surface area contributed by atoms with E-state index in [0.29, 0.717) is 11.3 Å². The van der Waals surface area contributed by atoms with Crippen molar-refractivity contribution in [3.8, 4) is 0 Å². The van der Waals surface area contributed by atoms with Crippen LogP contribution in [0.25, 0.3) is 4.96 Å². The summed E-state index contributed by atoms with van der Waals surface area (Å²) >= 11 is 6.17. The van der Waals surface area contributed by atoms with Crippen molar-refractivity contribution < 1.29 is 9.90 Å². The lowest BCUT2D eigenvalue weighted by Gasteiger charge is -2.14. The normalized spacial score (nSPS) is 12.7. The number of carbonyl (C=O) groups excluding carboxylic acids is 1. The number of aliphatic hydroxyl groups is 1. The van der Waals surface area contributed by atoms with Gasteiger partial charge in [0.15, 0.2) is 4.96 Å². The monoisotopic (exact) mass is 386 g/mol. The summed E-state index contributed by atoms with van der Waals surface area (Å²) in [5.41, 5.74) is 1.73. The van der Waals surface area contributed by atoms with E-state index in [9.17, 15) is 9.90 Å². The zero-order valence-electron chi connectivity index (χ0n) is 10.7. The van der Waals surface area contributed by atoms with Gasteiger partial charge >= 0.3 is 0 Å². The summed E-state index contributed by atoms with van der Waals surface area (Å²) in [5, 5.41) is 12.2. The minimum Gasteiger partial charge on any atom is -0.394 e. The zero-order valence-corrected chi connectivity index (χ0v) is 13.9. The molecule has 6 nitrogen and oxygen atoms in total. The molecular formula is C12H11BrN4O2S2. The summed E-state index contributed by atoms with van der Waals surface area (Å²) in [6.07, 6.45) is 5.73. The van der Waals surface area contributed by atoms with Crippen molar-refractivity contribution in [2.75, 3.05) is 6.61 Å². The molecule has 0 radical (unpaired) electrons. The van der Waals surface area contributed by atoms with E-state index in [2.05, 4.69) is 31.2 Å². The molecule has 3 aromatic heterocycles. The molecule has 0 spiro atoms. The van der Waals surface area contributed by atoms with Crippen LogP contribution in [0.1, 0.15) is 14.5 Å². The Morgan fingerprint density at radius 3 is 3.05 bits per heavy atom. The summed E-state index contributed by atoms with van der Waals surface area (Å²) in [6, 6.07) is -0.323. The minimum absolute atomic E-state index is 0.115. The number of nitrogens with zero attached hydrogens (tertiary/aromatic N) is 3. The van der Waals surface area contributed by atoms with Crippen molar-refractivity contribution in [3.63, 3.8) is 0 Å². The number of imidazole rings is 1. The lowest BCUT2D eigenvalue weighted by Crippen LogP contribution is -2.38. The molecule has 0 fully saturated rings. The van der Waals surface area contributed by atoms with Crippen molar-refractivity contribution in [2.45, 2.75) is 12.5 Å². The van der Waals surface area contributed by atoms with Crippen LogP contribution in [0.4, 0.5) is 0 Å². The number of nitrogens with one attached hydrogen (secondary N) is 1. The fourth-order valence-electron chi connectivity index (χ4n) is 1.87. The van der Waals surface area contributed by atoms with Gasteiger partial charge in [-0.2, -0.15) is 0 Å². The molecule has 3 aromatic rings. The smallest absolute Gasteiger partial charge is 0.263 e. The number of rotatable bonds is 5. The van der Waals surface area contributed by atoms with Crippen LogP contribution >= 0.6 is 38.6 Å². The molecule has 0 saturated carbocycles. The Kier molecular flexibility index (Phi) is 4.34. The zero-order chi connectivity index (χ0) is 14.8. The fourth-order valence-corrected chi connectivity index (χ4v) is 3.89. The summed E-state index contributed by atoms with van der Waals surface area (Å²) in [7, 11) is 0. The van der Waals surface area contributed by atoms with Gasteiger partial charge in [0.2, 0.25) is 0 Å². The number of aromatic nitrogens is 3. The van der Waals surface area contributed by atoms with Gasteiger partial charge in [-0.1, -0.05) is 11.3 Å². The van der Waals surface area contributed by atoms with Gasteiger partial charge in [-0.05, 0) is 15.9 Å². The SMILES string of the molecule is O=C(NC(CO)Cc1cncs1)c1cn2c(Br)cnc2s1. The van der Waals surface area contributed by atoms with Crippen LogP contribution in [0, 0.1) is 0 Å².